The highest BCUT2D eigenvalue weighted by atomic mass is 79.9. The SMILES string of the molecule is CCOc1cc(/C=C2\C(=O)NC(=O)N(c3cc(C(F)(F)F)ccc3Cl)C2=O)cc(Br)c1OC. The maximum Gasteiger partial charge on any atom is 0.416 e. The molecule has 1 fully saturated rings. The van der Waals surface area contributed by atoms with Crippen LogP contribution in [0.2, 0.25) is 5.02 Å². The first-order valence-electron chi connectivity index (χ1n) is 9.26. The third-order valence-electron chi connectivity index (χ3n) is 4.46. The van der Waals surface area contributed by atoms with Crippen molar-refractivity contribution in [3.63, 3.8) is 0 Å². The fraction of sp³-hybridized carbons (Fsp3) is 0.190. The van der Waals surface area contributed by atoms with Crippen LogP contribution in [0.3, 0.4) is 0 Å². The number of halogens is 5. The molecule has 0 bridgehead atoms. The van der Waals surface area contributed by atoms with Crippen LogP contribution in [0.25, 0.3) is 6.08 Å². The molecule has 12 heteroatoms. The number of nitrogens with zero attached hydrogens (tertiary/aromatic N) is 1. The van der Waals surface area contributed by atoms with Gasteiger partial charge in [-0.1, -0.05) is 11.6 Å². The third kappa shape index (κ3) is 4.98. The van der Waals surface area contributed by atoms with Crippen LogP contribution in [0.5, 0.6) is 11.5 Å². The molecular weight excluding hydrogens is 533 g/mol. The number of barbiturate groups is 1. The van der Waals surface area contributed by atoms with Gasteiger partial charge in [0.1, 0.15) is 5.57 Å². The van der Waals surface area contributed by atoms with Crippen molar-refractivity contribution < 1.29 is 37.0 Å². The topological polar surface area (TPSA) is 84.9 Å². The summed E-state index contributed by atoms with van der Waals surface area (Å²) in [5.74, 6) is -1.46. The van der Waals surface area contributed by atoms with Crippen molar-refractivity contribution in [2.24, 2.45) is 0 Å². The van der Waals surface area contributed by atoms with Gasteiger partial charge in [0, 0.05) is 0 Å². The van der Waals surface area contributed by atoms with Gasteiger partial charge in [-0.05, 0) is 64.8 Å². The first kappa shape index (κ1) is 24.6. The molecule has 174 valence electrons. The Morgan fingerprint density at radius 3 is 2.48 bits per heavy atom. The summed E-state index contributed by atoms with van der Waals surface area (Å²) < 4.78 is 50.7. The first-order valence-corrected chi connectivity index (χ1v) is 10.4. The molecule has 1 heterocycles. The number of amides is 4. The van der Waals surface area contributed by atoms with Crippen LogP contribution >= 0.6 is 27.5 Å². The lowest BCUT2D eigenvalue weighted by molar-refractivity contribution is -0.137. The molecule has 1 aliphatic heterocycles. The van der Waals surface area contributed by atoms with Crippen molar-refractivity contribution in [3.8, 4) is 11.5 Å². The molecule has 0 aromatic heterocycles. The van der Waals surface area contributed by atoms with Gasteiger partial charge in [0.05, 0.1) is 34.5 Å². The smallest absolute Gasteiger partial charge is 0.416 e. The number of nitrogens with one attached hydrogen (secondary N) is 1. The Morgan fingerprint density at radius 1 is 1.18 bits per heavy atom. The van der Waals surface area contributed by atoms with E-state index >= 15 is 0 Å². The second kappa shape index (κ2) is 9.44. The maximum atomic E-state index is 13.1. The van der Waals surface area contributed by atoms with Crippen molar-refractivity contribution in [2.45, 2.75) is 13.1 Å². The predicted octanol–water partition coefficient (Wildman–Crippen LogP) is 5.20. The zero-order valence-corrected chi connectivity index (χ0v) is 19.4. The number of benzene rings is 2. The van der Waals surface area contributed by atoms with E-state index in [1.165, 1.54) is 25.3 Å². The molecule has 2 aromatic carbocycles. The van der Waals surface area contributed by atoms with E-state index in [0.717, 1.165) is 6.07 Å². The molecular formula is C21H15BrClF3N2O5. The van der Waals surface area contributed by atoms with E-state index in [2.05, 4.69) is 15.9 Å². The van der Waals surface area contributed by atoms with E-state index < -0.39 is 40.8 Å². The lowest BCUT2D eigenvalue weighted by Gasteiger charge is -2.27. The Balaban J connectivity index is 2.10. The number of ether oxygens (including phenoxy) is 2. The van der Waals surface area contributed by atoms with Gasteiger partial charge in [-0.2, -0.15) is 13.2 Å². The van der Waals surface area contributed by atoms with Crippen molar-refractivity contribution in [1.82, 2.24) is 5.32 Å². The van der Waals surface area contributed by atoms with E-state index in [1.807, 2.05) is 5.32 Å². The number of carbonyl (C=O) groups excluding carboxylic acids is 3. The Hall–Kier alpha value is -3.05. The molecule has 1 N–H and O–H groups in total. The van der Waals surface area contributed by atoms with Gasteiger partial charge in [-0.15, -0.1) is 0 Å². The van der Waals surface area contributed by atoms with Crippen molar-refractivity contribution in [1.29, 1.82) is 0 Å². The van der Waals surface area contributed by atoms with Gasteiger partial charge in [0.2, 0.25) is 0 Å². The van der Waals surface area contributed by atoms with Gasteiger partial charge in [0.25, 0.3) is 11.8 Å². The minimum atomic E-state index is -4.74. The number of rotatable bonds is 5. The fourth-order valence-electron chi connectivity index (χ4n) is 3.04. The zero-order chi connectivity index (χ0) is 24.5. The van der Waals surface area contributed by atoms with E-state index in [4.69, 9.17) is 21.1 Å². The molecule has 3 rings (SSSR count). The van der Waals surface area contributed by atoms with E-state index in [9.17, 15) is 27.6 Å². The summed E-state index contributed by atoms with van der Waals surface area (Å²) in [7, 11) is 1.43. The number of urea groups is 1. The molecule has 1 aliphatic rings. The zero-order valence-electron chi connectivity index (χ0n) is 17.0. The highest BCUT2D eigenvalue weighted by molar-refractivity contribution is 9.10. The van der Waals surface area contributed by atoms with Gasteiger partial charge in [-0.25, -0.2) is 9.69 Å². The highest BCUT2D eigenvalue weighted by Crippen LogP contribution is 2.39. The molecule has 0 radical (unpaired) electrons. The molecule has 0 spiro atoms. The monoisotopic (exact) mass is 546 g/mol. The summed E-state index contributed by atoms with van der Waals surface area (Å²) in [6, 6.07) is 3.99. The Labute approximate surface area is 199 Å². The Bertz CT molecular complexity index is 1180. The molecule has 7 nitrogen and oxygen atoms in total. The number of imide groups is 2. The predicted molar refractivity (Wildman–Crippen MR) is 117 cm³/mol. The quantitative estimate of drug-likeness (QED) is 0.411. The summed E-state index contributed by atoms with van der Waals surface area (Å²) in [4.78, 5) is 38.2. The Morgan fingerprint density at radius 2 is 1.88 bits per heavy atom. The molecule has 2 aromatic rings. The molecule has 4 amide bonds. The van der Waals surface area contributed by atoms with Crippen molar-refractivity contribution in [3.05, 3.63) is 56.5 Å². The highest BCUT2D eigenvalue weighted by Gasteiger charge is 2.39. The molecule has 0 aliphatic carbocycles. The van der Waals surface area contributed by atoms with Crippen molar-refractivity contribution in [2.75, 3.05) is 18.6 Å². The number of hydrogen-bond acceptors (Lipinski definition) is 5. The lowest BCUT2D eigenvalue weighted by atomic mass is 10.1. The average molecular weight is 548 g/mol. The second-order valence-electron chi connectivity index (χ2n) is 6.59. The van der Waals surface area contributed by atoms with Crippen LogP contribution in [0.1, 0.15) is 18.1 Å². The number of alkyl halides is 3. The maximum absolute atomic E-state index is 13.1. The van der Waals surface area contributed by atoms with Gasteiger partial charge >= 0.3 is 12.2 Å². The Kier molecular flexibility index (Phi) is 7.03. The first-order chi connectivity index (χ1) is 15.5. The summed E-state index contributed by atoms with van der Waals surface area (Å²) in [6.45, 7) is 2.05. The molecule has 1 saturated heterocycles. The number of carbonyl (C=O) groups is 3. The molecule has 0 unspecified atom stereocenters. The van der Waals surface area contributed by atoms with Gasteiger partial charge in [0.15, 0.2) is 11.5 Å². The number of hydrogen-bond donors (Lipinski definition) is 1. The average Bonchev–Trinajstić information content (AvgIpc) is 2.71. The summed E-state index contributed by atoms with van der Waals surface area (Å²) in [5, 5.41) is 1.66. The van der Waals surface area contributed by atoms with E-state index in [1.54, 1.807) is 6.92 Å². The van der Waals surface area contributed by atoms with Crippen LogP contribution in [0.4, 0.5) is 23.7 Å². The standard InChI is InChI=1S/C21H15BrClF3N2O5/c1-3-33-16-8-10(7-13(22)17(16)32-2)6-12-18(29)27-20(31)28(19(12)30)15-9-11(21(24,25)26)4-5-14(15)23/h4-9H,3H2,1-2H3,(H,27,29,31)/b12-6+. The van der Waals surface area contributed by atoms with E-state index in [0.29, 0.717) is 45.2 Å². The van der Waals surface area contributed by atoms with Gasteiger partial charge in [-0.3, -0.25) is 14.9 Å². The minimum absolute atomic E-state index is 0.286. The number of methoxy groups -OCH3 is 1. The van der Waals surface area contributed by atoms with Crippen LogP contribution in [-0.2, 0) is 15.8 Å². The minimum Gasteiger partial charge on any atom is -0.492 e. The summed E-state index contributed by atoms with van der Waals surface area (Å²) in [5.41, 5.74) is -1.81. The van der Waals surface area contributed by atoms with Crippen LogP contribution < -0.4 is 19.7 Å². The number of anilines is 1. The van der Waals surface area contributed by atoms with Crippen LogP contribution in [-0.4, -0.2) is 31.6 Å². The van der Waals surface area contributed by atoms with E-state index in [-0.39, 0.29) is 5.02 Å². The lowest BCUT2D eigenvalue weighted by Crippen LogP contribution is -2.54. The third-order valence-corrected chi connectivity index (χ3v) is 5.37. The fourth-order valence-corrected chi connectivity index (χ4v) is 3.86. The van der Waals surface area contributed by atoms with Crippen LogP contribution in [0, 0.1) is 0 Å². The normalized spacial score (nSPS) is 15.7. The molecule has 0 saturated carbocycles. The van der Waals surface area contributed by atoms with Crippen molar-refractivity contribution >= 4 is 57.1 Å². The summed E-state index contributed by atoms with van der Waals surface area (Å²) in [6.07, 6.45) is -3.57. The summed E-state index contributed by atoms with van der Waals surface area (Å²) >= 11 is 9.29. The van der Waals surface area contributed by atoms with Crippen LogP contribution in [0.15, 0.2) is 40.4 Å². The molecule has 0 atom stereocenters. The van der Waals surface area contributed by atoms with Gasteiger partial charge < -0.3 is 9.47 Å². The molecule has 33 heavy (non-hydrogen) atoms. The largest absolute Gasteiger partial charge is 0.492 e. The second-order valence-corrected chi connectivity index (χ2v) is 7.85.